The number of nitrogens with one attached hydrogen (secondary N) is 1. The number of aryl methyl sites for hydroxylation is 1. The van der Waals surface area contributed by atoms with Gasteiger partial charge >= 0.3 is 0 Å². The van der Waals surface area contributed by atoms with Crippen LogP contribution >= 0.6 is 0 Å². The van der Waals surface area contributed by atoms with E-state index in [-0.39, 0.29) is 5.91 Å². The molecule has 0 bridgehead atoms. The number of rotatable bonds is 11. The molecule has 0 spiro atoms. The number of nitrogens with zero attached hydrogens (tertiary/aromatic N) is 3. The molecule has 1 heterocycles. The normalized spacial score (nSPS) is 17.4. The van der Waals surface area contributed by atoms with Crippen LogP contribution in [0, 0.1) is 11.8 Å². The van der Waals surface area contributed by atoms with Gasteiger partial charge in [0.05, 0.1) is 26.2 Å². The Morgan fingerprint density at radius 1 is 0.973 bits per heavy atom. The third-order valence-electron chi connectivity index (χ3n) is 7.40. The van der Waals surface area contributed by atoms with Crippen LogP contribution in [0.3, 0.4) is 0 Å². The highest BCUT2D eigenvalue weighted by Gasteiger charge is 2.22. The molecule has 7 heteroatoms. The molecular formula is C30H40N4O3. The Morgan fingerprint density at radius 3 is 2.32 bits per heavy atom. The van der Waals surface area contributed by atoms with Gasteiger partial charge in [-0.25, -0.2) is 9.97 Å². The van der Waals surface area contributed by atoms with Gasteiger partial charge in [-0.3, -0.25) is 4.79 Å². The summed E-state index contributed by atoms with van der Waals surface area (Å²) in [5, 5.41) is 4.24. The van der Waals surface area contributed by atoms with Crippen molar-refractivity contribution in [3.8, 4) is 11.5 Å². The number of fused-ring (bicyclic) bond motifs is 1. The summed E-state index contributed by atoms with van der Waals surface area (Å²) in [5.41, 5.74) is 1.91. The van der Waals surface area contributed by atoms with E-state index in [0.29, 0.717) is 23.8 Å². The van der Waals surface area contributed by atoms with E-state index >= 15 is 0 Å². The molecule has 0 aliphatic heterocycles. The summed E-state index contributed by atoms with van der Waals surface area (Å²) in [7, 11) is 7.31. The molecule has 0 atom stereocenters. The summed E-state index contributed by atoms with van der Waals surface area (Å²) in [6.45, 7) is 0.755. The van der Waals surface area contributed by atoms with Crippen LogP contribution in [0.5, 0.6) is 11.5 Å². The van der Waals surface area contributed by atoms with E-state index in [1.165, 1.54) is 32.1 Å². The second-order valence-electron chi connectivity index (χ2n) is 10.4. The lowest BCUT2D eigenvalue weighted by Gasteiger charge is -2.28. The number of hydrogen-bond acceptors (Lipinski definition) is 6. The number of aromatic nitrogens is 2. The van der Waals surface area contributed by atoms with Gasteiger partial charge in [-0.2, -0.15) is 0 Å². The number of carbonyl (C=O) groups excluding carboxylic acids is 1. The minimum absolute atomic E-state index is 0.0462. The molecule has 1 saturated carbocycles. The largest absolute Gasteiger partial charge is 0.497 e. The SMILES string of the molecule is COc1cc(CC(=O)NCC2CCC(CCCc3nc(N(C)C)c4ccccc4n3)CC2)cc(OC)c1. The Hall–Kier alpha value is -3.35. The fourth-order valence-electron chi connectivity index (χ4n) is 5.31. The predicted octanol–water partition coefficient (Wildman–Crippen LogP) is 5.20. The van der Waals surface area contributed by atoms with Crippen molar-refractivity contribution in [2.45, 2.75) is 51.4 Å². The topological polar surface area (TPSA) is 76.6 Å². The van der Waals surface area contributed by atoms with Gasteiger partial charge in [0.2, 0.25) is 5.91 Å². The first-order valence-electron chi connectivity index (χ1n) is 13.4. The average molecular weight is 505 g/mol. The minimum atomic E-state index is 0.0462. The van der Waals surface area contributed by atoms with Crippen LogP contribution in [0.4, 0.5) is 5.82 Å². The lowest BCUT2D eigenvalue weighted by atomic mass is 9.80. The molecule has 1 aliphatic rings. The van der Waals surface area contributed by atoms with Crippen LogP contribution in [-0.2, 0) is 17.6 Å². The number of amides is 1. The van der Waals surface area contributed by atoms with Crippen LogP contribution < -0.4 is 19.7 Å². The summed E-state index contributed by atoms with van der Waals surface area (Å²) in [6.07, 6.45) is 8.38. The molecular weight excluding hydrogens is 464 g/mol. The van der Waals surface area contributed by atoms with E-state index in [4.69, 9.17) is 19.4 Å². The molecule has 2 aromatic carbocycles. The molecule has 1 fully saturated rings. The third kappa shape index (κ3) is 7.34. The number of anilines is 1. The third-order valence-corrected chi connectivity index (χ3v) is 7.40. The van der Waals surface area contributed by atoms with Gasteiger partial charge in [0.25, 0.3) is 0 Å². The van der Waals surface area contributed by atoms with Gasteiger partial charge in [0, 0.05) is 38.5 Å². The molecule has 1 N–H and O–H groups in total. The quantitative estimate of drug-likeness (QED) is 0.387. The molecule has 7 nitrogen and oxygen atoms in total. The Bertz CT molecular complexity index is 1170. The fraction of sp³-hybridized carbons (Fsp3) is 0.500. The second-order valence-corrected chi connectivity index (χ2v) is 10.4. The van der Waals surface area contributed by atoms with Crippen LogP contribution in [-0.4, -0.2) is 50.7 Å². The van der Waals surface area contributed by atoms with Gasteiger partial charge in [-0.15, -0.1) is 0 Å². The van der Waals surface area contributed by atoms with Crippen LogP contribution in [0.15, 0.2) is 42.5 Å². The Morgan fingerprint density at radius 2 is 1.65 bits per heavy atom. The molecule has 0 saturated heterocycles. The Balaban J connectivity index is 1.18. The molecule has 1 amide bonds. The van der Waals surface area contributed by atoms with Gasteiger partial charge in [0.1, 0.15) is 23.1 Å². The smallest absolute Gasteiger partial charge is 0.224 e. The number of ether oxygens (including phenoxy) is 2. The highest BCUT2D eigenvalue weighted by atomic mass is 16.5. The predicted molar refractivity (Wildman–Crippen MR) is 149 cm³/mol. The Labute approximate surface area is 220 Å². The van der Waals surface area contributed by atoms with Gasteiger partial charge in [0.15, 0.2) is 0 Å². The van der Waals surface area contributed by atoms with Gasteiger partial charge in [-0.05, 0) is 60.9 Å². The van der Waals surface area contributed by atoms with Gasteiger partial charge in [-0.1, -0.05) is 31.4 Å². The van der Waals surface area contributed by atoms with Crippen LogP contribution in [0.2, 0.25) is 0 Å². The first kappa shape index (κ1) is 26.7. The summed E-state index contributed by atoms with van der Waals surface area (Å²) >= 11 is 0. The number of carbonyl (C=O) groups is 1. The first-order chi connectivity index (χ1) is 17.9. The summed E-state index contributed by atoms with van der Waals surface area (Å²) in [5.74, 6) is 4.69. The van der Waals surface area contributed by atoms with Crippen molar-refractivity contribution < 1.29 is 14.3 Å². The van der Waals surface area contributed by atoms with Crippen molar-refractivity contribution in [1.29, 1.82) is 0 Å². The number of benzene rings is 2. The molecule has 0 radical (unpaired) electrons. The van der Waals surface area contributed by atoms with E-state index in [0.717, 1.165) is 53.4 Å². The summed E-state index contributed by atoms with van der Waals surface area (Å²) < 4.78 is 10.6. The minimum Gasteiger partial charge on any atom is -0.497 e. The van der Waals surface area contributed by atoms with Crippen molar-refractivity contribution in [3.63, 3.8) is 0 Å². The van der Waals surface area contributed by atoms with E-state index < -0.39 is 0 Å². The molecule has 4 rings (SSSR count). The van der Waals surface area contributed by atoms with E-state index in [1.54, 1.807) is 14.2 Å². The van der Waals surface area contributed by atoms with Crippen molar-refractivity contribution in [2.24, 2.45) is 11.8 Å². The number of hydrogen-bond donors (Lipinski definition) is 1. The van der Waals surface area contributed by atoms with Crippen molar-refractivity contribution >= 4 is 22.6 Å². The average Bonchev–Trinajstić information content (AvgIpc) is 2.91. The van der Waals surface area contributed by atoms with Crippen molar-refractivity contribution in [2.75, 3.05) is 39.8 Å². The maximum Gasteiger partial charge on any atom is 0.224 e. The zero-order valence-corrected chi connectivity index (χ0v) is 22.6. The zero-order chi connectivity index (χ0) is 26.2. The summed E-state index contributed by atoms with van der Waals surface area (Å²) in [4.78, 5) is 24.3. The van der Waals surface area contributed by atoms with E-state index in [1.807, 2.05) is 44.4 Å². The zero-order valence-electron chi connectivity index (χ0n) is 22.6. The molecule has 37 heavy (non-hydrogen) atoms. The Kier molecular flexibility index (Phi) is 9.20. The maximum absolute atomic E-state index is 12.5. The monoisotopic (exact) mass is 504 g/mol. The number of para-hydroxylation sites is 1. The van der Waals surface area contributed by atoms with Crippen molar-refractivity contribution in [3.05, 3.63) is 53.9 Å². The number of methoxy groups -OCH3 is 2. The maximum atomic E-state index is 12.5. The summed E-state index contributed by atoms with van der Waals surface area (Å²) in [6, 6.07) is 13.8. The van der Waals surface area contributed by atoms with E-state index in [9.17, 15) is 4.79 Å². The van der Waals surface area contributed by atoms with Crippen LogP contribution in [0.25, 0.3) is 10.9 Å². The molecule has 1 aromatic heterocycles. The van der Waals surface area contributed by atoms with Gasteiger partial charge < -0.3 is 19.7 Å². The lowest BCUT2D eigenvalue weighted by molar-refractivity contribution is -0.120. The highest BCUT2D eigenvalue weighted by molar-refractivity contribution is 5.89. The molecule has 0 unspecified atom stereocenters. The highest BCUT2D eigenvalue weighted by Crippen LogP contribution is 2.32. The first-order valence-corrected chi connectivity index (χ1v) is 13.4. The molecule has 198 valence electrons. The van der Waals surface area contributed by atoms with E-state index in [2.05, 4.69) is 22.3 Å². The fourth-order valence-corrected chi connectivity index (χ4v) is 5.31. The van der Waals surface area contributed by atoms with Crippen molar-refractivity contribution in [1.82, 2.24) is 15.3 Å². The van der Waals surface area contributed by atoms with Crippen LogP contribution in [0.1, 0.15) is 49.9 Å². The molecule has 1 aliphatic carbocycles. The standard InChI is InChI=1S/C30H40N4O3/c1-34(2)30-26-9-5-6-10-27(26)32-28(33-30)11-7-8-21-12-14-22(15-13-21)20-31-29(35)18-23-16-24(36-3)19-25(17-23)37-4/h5-6,9-10,16-17,19,21-22H,7-8,11-15,18,20H2,1-4H3,(H,31,35). The second kappa shape index (κ2) is 12.7. The lowest BCUT2D eigenvalue weighted by Crippen LogP contribution is -2.32. The molecule has 3 aromatic rings.